The summed E-state index contributed by atoms with van der Waals surface area (Å²) in [6.45, 7) is 3.46. The molecule has 0 spiro atoms. The highest BCUT2D eigenvalue weighted by atomic mass is 35.5. The molecule has 2 heterocycles. The van der Waals surface area contributed by atoms with Crippen LogP contribution < -0.4 is 5.73 Å². The Morgan fingerprint density at radius 3 is 3.06 bits per heavy atom. The number of piperidine rings is 1. The Labute approximate surface area is 106 Å². The maximum absolute atomic E-state index is 12.2. The highest BCUT2D eigenvalue weighted by Gasteiger charge is 2.27. The summed E-state index contributed by atoms with van der Waals surface area (Å²) in [7, 11) is 0. The van der Waals surface area contributed by atoms with Gasteiger partial charge in [0.1, 0.15) is 0 Å². The molecule has 1 saturated heterocycles. The van der Waals surface area contributed by atoms with E-state index >= 15 is 0 Å². The predicted octanol–water partition coefficient (Wildman–Crippen LogP) is 1.54. The Bertz CT molecular complexity index is 424. The molecule has 2 unspecified atom stereocenters. The second kappa shape index (κ2) is 5.02. The number of carbonyl (C=O) groups is 1. The van der Waals surface area contributed by atoms with E-state index in [-0.39, 0.29) is 11.9 Å². The van der Waals surface area contributed by atoms with Gasteiger partial charge in [-0.2, -0.15) is 0 Å². The molecule has 1 aromatic heterocycles. The van der Waals surface area contributed by atoms with Crippen molar-refractivity contribution in [1.29, 1.82) is 0 Å². The molecule has 92 valence electrons. The maximum Gasteiger partial charge on any atom is 0.255 e. The molecule has 0 bridgehead atoms. The molecule has 0 aliphatic carbocycles. The lowest BCUT2D eigenvalue weighted by atomic mass is 9.94. The molecule has 5 heteroatoms. The zero-order valence-corrected chi connectivity index (χ0v) is 10.5. The lowest BCUT2D eigenvalue weighted by molar-refractivity contribution is 0.0664. The normalized spacial score (nSPS) is 24.8. The standard InChI is InChI=1S/C12H16ClN3O/c1-8-7-16(5-3-11(8)14)12(17)9-2-4-15-6-10(9)13/h2,4,6,8,11H,3,5,7,14H2,1H3. The van der Waals surface area contributed by atoms with Crippen LogP contribution in [0.5, 0.6) is 0 Å². The number of hydrogen-bond donors (Lipinski definition) is 1. The lowest BCUT2D eigenvalue weighted by Crippen LogP contribution is -2.48. The summed E-state index contributed by atoms with van der Waals surface area (Å²) >= 11 is 5.97. The van der Waals surface area contributed by atoms with Crippen LogP contribution in [0.25, 0.3) is 0 Å². The summed E-state index contributed by atoms with van der Waals surface area (Å²) in [4.78, 5) is 17.9. The molecule has 2 rings (SSSR count). The first-order valence-electron chi connectivity index (χ1n) is 5.74. The van der Waals surface area contributed by atoms with Crippen LogP contribution in [-0.2, 0) is 0 Å². The Kier molecular flexibility index (Phi) is 3.64. The molecular weight excluding hydrogens is 238 g/mol. The molecule has 1 aromatic rings. The fourth-order valence-electron chi connectivity index (χ4n) is 2.07. The third kappa shape index (κ3) is 2.58. The van der Waals surface area contributed by atoms with Gasteiger partial charge in [-0.15, -0.1) is 0 Å². The summed E-state index contributed by atoms with van der Waals surface area (Å²) in [5, 5.41) is 0.403. The van der Waals surface area contributed by atoms with Crippen molar-refractivity contribution in [1.82, 2.24) is 9.88 Å². The van der Waals surface area contributed by atoms with Crippen LogP contribution in [0, 0.1) is 5.92 Å². The first-order chi connectivity index (χ1) is 8.09. The minimum atomic E-state index is -0.0313. The molecule has 1 amide bonds. The summed E-state index contributed by atoms with van der Waals surface area (Å²) in [6, 6.07) is 1.84. The number of hydrogen-bond acceptors (Lipinski definition) is 3. The van der Waals surface area contributed by atoms with E-state index in [0.717, 1.165) is 6.42 Å². The van der Waals surface area contributed by atoms with E-state index in [2.05, 4.69) is 11.9 Å². The lowest BCUT2D eigenvalue weighted by Gasteiger charge is -2.35. The van der Waals surface area contributed by atoms with Gasteiger partial charge in [-0.05, 0) is 18.4 Å². The van der Waals surface area contributed by atoms with Gasteiger partial charge in [0.05, 0.1) is 10.6 Å². The van der Waals surface area contributed by atoms with Crippen molar-refractivity contribution < 1.29 is 4.79 Å². The van der Waals surface area contributed by atoms with E-state index < -0.39 is 0 Å². The highest BCUT2D eigenvalue weighted by molar-refractivity contribution is 6.33. The third-order valence-electron chi connectivity index (χ3n) is 3.26. The minimum absolute atomic E-state index is 0.0313. The van der Waals surface area contributed by atoms with Crippen LogP contribution in [0.15, 0.2) is 18.5 Å². The van der Waals surface area contributed by atoms with Gasteiger partial charge in [-0.25, -0.2) is 0 Å². The molecule has 1 fully saturated rings. The van der Waals surface area contributed by atoms with Crippen molar-refractivity contribution in [3.05, 3.63) is 29.0 Å². The second-order valence-electron chi connectivity index (χ2n) is 4.54. The van der Waals surface area contributed by atoms with Crippen LogP contribution in [-0.4, -0.2) is 34.9 Å². The molecule has 0 saturated carbocycles. The number of halogens is 1. The van der Waals surface area contributed by atoms with Gasteiger partial charge in [-0.1, -0.05) is 18.5 Å². The van der Waals surface area contributed by atoms with Crippen LogP contribution in [0.4, 0.5) is 0 Å². The fourth-order valence-corrected chi connectivity index (χ4v) is 2.27. The average molecular weight is 254 g/mol. The van der Waals surface area contributed by atoms with E-state index in [9.17, 15) is 4.79 Å². The predicted molar refractivity (Wildman–Crippen MR) is 66.9 cm³/mol. The second-order valence-corrected chi connectivity index (χ2v) is 4.94. The molecular formula is C12H16ClN3O. The van der Waals surface area contributed by atoms with E-state index in [0.29, 0.717) is 29.6 Å². The topological polar surface area (TPSA) is 59.2 Å². The number of nitrogens with two attached hydrogens (primary N) is 1. The van der Waals surface area contributed by atoms with Gasteiger partial charge >= 0.3 is 0 Å². The monoisotopic (exact) mass is 253 g/mol. The fraction of sp³-hybridized carbons (Fsp3) is 0.500. The Balaban J connectivity index is 2.14. The summed E-state index contributed by atoms with van der Waals surface area (Å²) in [5.41, 5.74) is 6.45. The number of pyridine rings is 1. The highest BCUT2D eigenvalue weighted by Crippen LogP contribution is 2.20. The van der Waals surface area contributed by atoms with E-state index in [4.69, 9.17) is 17.3 Å². The van der Waals surface area contributed by atoms with Gasteiger partial charge in [0, 0.05) is 31.5 Å². The summed E-state index contributed by atoms with van der Waals surface area (Å²) in [6.07, 6.45) is 3.92. The zero-order valence-electron chi connectivity index (χ0n) is 9.77. The van der Waals surface area contributed by atoms with Gasteiger partial charge < -0.3 is 10.6 Å². The minimum Gasteiger partial charge on any atom is -0.338 e. The molecule has 4 nitrogen and oxygen atoms in total. The van der Waals surface area contributed by atoms with Crippen LogP contribution in [0.2, 0.25) is 5.02 Å². The van der Waals surface area contributed by atoms with Crippen LogP contribution in [0.3, 0.4) is 0 Å². The number of amides is 1. The van der Waals surface area contributed by atoms with Crippen molar-refractivity contribution in [3.8, 4) is 0 Å². The van der Waals surface area contributed by atoms with Crippen LogP contribution in [0.1, 0.15) is 23.7 Å². The van der Waals surface area contributed by atoms with Gasteiger partial charge in [0.25, 0.3) is 5.91 Å². The molecule has 17 heavy (non-hydrogen) atoms. The van der Waals surface area contributed by atoms with Crippen molar-refractivity contribution >= 4 is 17.5 Å². The van der Waals surface area contributed by atoms with Crippen molar-refractivity contribution in [2.24, 2.45) is 11.7 Å². The first kappa shape index (κ1) is 12.3. The Hall–Kier alpha value is -1.13. The van der Waals surface area contributed by atoms with Crippen molar-refractivity contribution in [2.75, 3.05) is 13.1 Å². The molecule has 1 aliphatic rings. The van der Waals surface area contributed by atoms with Crippen LogP contribution >= 0.6 is 11.6 Å². The Morgan fingerprint density at radius 1 is 1.65 bits per heavy atom. The van der Waals surface area contributed by atoms with Gasteiger partial charge in [-0.3, -0.25) is 9.78 Å². The summed E-state index contributed by atoms with van der Waals surface area (Å²) < 4.78 is 0. The van der Waals surface area contributed by atoms with Crippen molar-refractivity contribution in [2.45, 2.75) is 19.4 Å². The molecule has 2 N–H and O–H groups in total. The largest absolute Gasteiger partial charge is 0.338 e. The maximum atomic E-state index is 12.2. The molecule has 1 aliphatic heterocycles. The SMILES string of the molecule is CC1CN(C(=O)c2ccncc2Cl)CCC1N. The number of aromatic nitrogens is 1. The number of carbonyl (C=O) groups excluding carboxylic acids is 1. The zero-order chi connectivity index (χ0) is 12.4. The van der Waals surface area contributed by atoms with E-state index in [1.165, 1.54) is 6.20 Å². The molecule has 0 aromatic carbocycles. The van der Waals surface area contributed by atoms with Crippen molar-refractivity contribution in [3.63, 3.8) is 0 Å². The van der Waals surface area contributed by atoms with E-state index in [1.54, 1.807) is 12.3 Å². The quantitative estimate of drug-likeness (QED) is 0.826. The smallest absolute Gasteiger partial charge is 0.255 e. The molecule has 2 atom stereocenters. The van der Waals surface area contributed by atoms with Gasteiger partial charge in [0.2, 0.25) is 0 Å². The number of nitrogens with zero attached hydrogens (tertiary/aromatic N) is 2. The number of likely N-dealkylation sites (tertiary alicyclic amines) is 1. The number of rotatable bonds is 1. The average Bonchev–Trinajstić information content (AvgIpc) is 2.32. The van der Waals surface area contributed by atoms with Gasteiger partial charge in [0.15, 0.2) is 0 Å². The molecule has 0 radical (unpaired) electrons. The Morgan fingerprint density at radius 2 is 2.41 bits per heavy atom. The first-order valence-corrected chi connectivity index (χ1v) is 6.11. The van der Waals surface area contributed by atoms with E-state index in [1.807, 2.05) is 4.90 Å². The summed E-state index contributed by atoms with van der Waals surface area (Å²) in [5.74, 6) is 0.296. The third-order valence-corrected chi connectivity index (χ3v) is 3.56.